The lowest BCUT2D eigenvalue weighted by Crippen LogP contribution is -1.84. The fraction of sp³-hybridized carbons (Fsp3) is 0. The van der Waals surface area contributed by atoms with Gasteiger partial charge < -0.3 is 13.3 Å². The van der Waals surface area contributed by atoms with E-state index in [2.05, 4.69) is 194 Å². The standard InChI is InChI=1S/C60H36O3/c1-3-31-55-49(21-1)51-27-9-23-45(57(51)61-55)41-17-5-13-37(33-41)39-15-7-19-43(35-39)47-25-11-29-53-54-30-12-26-48(60(54)63-59(47)53)44-20-8-16-40(36-44)38-14-6-18-42(34-38)46-24-10-28-52-50-22-2-4-32-56(50)62-58(46)52/h1-36H. The molecule has 0 atom stereocenters. The zero-order valence-corrected chi connectivity index (χ0v) is 34.0. The van der Waals surface area contributed by atoms with E-state index in [1.54, 1.807) is 0 Å². The highest BCUT2D eigenvalue weighted by Crippen LogP contribution is 2.43. The normalized spacial score (nSPS) is 11.8. The Morgan fingerprint density at radius 3 is 0.794 bits per heavy atom. The second-order valence-electron chi connectivity index (χ2n) is 16.4. The van der Waals surface area contributed by atoms with Gasteiger partial charge in [0.05, 0.1) is 0 Å². The van der Waals surface area contributed by atoms with Crippen molar-refractivity contribution in [1.82, 2.24) is 0 Å². The van der Waals surface area contributed by atoms with Crippen LogP contribution < -0.4 is 0 Å². The second-order valence-corrected chi connectivity index (χ2v) is 16.4. The lowest BCUT2D eigenvalue weighted by atomic mass is 9.94. The van der Waals surface area contributed by atoms with E-state index in [0.29, 0.717) is 0 Å². The molecule has 3 nitrogen and oxygen atoms in total. The van der Waals surface area contributed by atoms with E-state index in [-0.39, 0.29) is 0 Å². The minimum Gasteiger partial charge on any atom is -0.455 e. The van der Waals surface area contributed by atoms with E-state index in [1.165, 1.54) is 0 Å². The topological polar surface area (TPSA) is 39.4 Å². The Labute approximate surface area is 362 Å². The van der Waals surface area contributed by atoms with Crippen molar-refractivity contribution < 1.29 is 13.3 Å². The van der Waals surface area contributed by atoms with Crippen LogP contribution in [0.15, 0.2) is 232 Å². The van der Waals surface area contributed by atoms with E-state index in [1.807, 2.05) is 24.3 Å². The van der Waals surface area contributed by atoms with Gasteiger partial charge in [0, 0.05) is 54.6 Å². The van der Waals surface area contributed by atoms with Crippen molar-refractivity contribution in [2.45, 2.75) is 0 Å². The van der Waals surface area contributed by atoms with E-state index < -0.39 is 0 Å². The number of fused-ring (bicyclic) bond motifs is 9. The van der Waals surface area contributed by atoms with Crippen molar-refractivity contribution in [2.75, 3.05) is 0 Å². The number of para-hydroxylation sites is 6. The Kier molecular flexibility index (Phi) is 7.91. The maximum Gasteiger partial charge on any atom is 0.143 e. The fourth-order valence-corrected chi connectivity index (χ4v) is 9.69. The summed E-state index contributed by atoms with van der Waals surface area (Å²) in [4.78, 5) is 0. The van der Waals surface area contributed by atoms with Gasteiger partial charge in [0.2, 0.25) is 0 Å². The van der Waals surface area contributed by atoms with Crippen LogP contribution in [0.4, 0.5) is 0 Å². The third-order valence-corrected chi connectivity index (χ3v) is 12.7. The van der Waals surface area contributed by atoms with Crippen LogP contribution in [0.1, 0.15) is 0 Å². The van der Waals surface area contributed by atoms with E-state index in [0.717, 1.165) is 133 Å². The lowest BCUT2D eigenvalue weighted by molar-refractivity contribution is 0.669. The molecule has 0 fully saturated rings. The van der Waals surface area contributed by atoms with Crippen molar-refractivity contribution in [3.05, 3.63) is 218 Å². The molecule has 0 unspecified atom stereocenters. The molecule has 0 spiro atoms. The molecule has 0 aliphatic heterocycles. The van der Waals surface area contributed by atoms with Crippen LogP contribution in [0.3, 0.4) is 0 Å². The fourth-order valence-electron chi connectivity index (χ4n) is 9.69. The Morgan fingerprint density at radius 2 is 0.444 bits per heavy atom. The monoisotopic (exact) mass is 804 g/mol. The predicted molar refractivity (Wildman–Crippen MR) is 261 cm³/mol. The second kappa shape index (κ2) is 14.1. The quantitative estimate of drug-likeness (QED) is 0.168. The molecule has 3 heterocycles. The maximum absolute atomic E-state index is 6.98. The SMILES string of the molecule is c1cc(-c2cccc(-c3cccc4c3oc3c(-c5cccc(-c6cccc(-c7cccc8c7oc7ccccc78)c6)c5)cccc34)c2)cc(-c2cccc3c2oc2ccccc23)c1. The van der Waals surface area contributed by atoms with Gasteiger partial charge in [-0.3, -0.25) is 0 Å². The van der Waals surface area contributed by atoms with Gasteiger partial charge in [-0.05, 0) is 80.9 Å². The summed E-state index contributed by atoms with van der Waals surface area (Å²) in [5, 5.41) is 6.72. The lowest BCUT2D eigenvalue weighted by Gasteiger charge is -2.09. The van der Waals surface area contributed by atoms with Crippen LogP contribution in [-0.4, -0.2) is 0 Å². The average molecular weight is 805 g/mol. The molecule has 0 aliphatic rings. The molecular formula is C60H36O3. The summed E-state index contributed by atoms with van der Waals surface area (Å²) < 4.78 is 19.8. The van der Waals surface area contributed by atoms with Gasteiger partial charge in [0.1, 0.15) is 33.5 Å². The van der Waals surface area contributed by atoms with Crippen LogP contribution in [0.2, 0.25) is 0 Å². The number of hydrogen-bond donors (Lipinski definition) is 0. The molecular weight excluding hydrogens is 769 g/mol. The number of furan rings is 3. The zero-order valence-electron chi connectivity index (χ0n) is 34.0. The van der Waals surface area contributed by atoms with E-state index in [9.17, 15) is 0 Å². The zero-order chi connectivity index (χ0) is 41.4. The smallest absolute Gasteiger partial charge is 0.143 e. The largest absolute Gasteiger partial charge is 0.455 e. The van der Waals surface area contributed by atoms with Crippen molar-refractivity contribution in [2.24, 2.45) is 0 Å². The molecule has 0 saturated heterocycles. The summed E-state index contributed by atoms with van der Waals surface area (Å²) >= 11 is 0. The van der Waals surface area contributed by atoms with Gasteiger partial charge in [0.25, 0.3) is 0 Å². The van der Waals surface area contributed by atoms with E-state index >= 15 is 0 Å². The maximum atomic E-state index is 6.98. The van der Waals surface area contributed by atoms with Gasteiger partial charge in [-0.25, -0.2) is 0 Å². The molecule has 0 amide bonds. The van der Waals surface area contributed by atoms with Crippen LogP contribution >= 0.6 is 0 Å². The van der Waals surface area contributed by atoms with Crippen molar-refractivity contribution >= 4 is 65.8 Å². The number of benzene rings is 10. The van der Waals surface area contributed by atoms with Crippen LogP contribution in [0.5, 0.6) is 0 Å². The summed E-state index contributed by atoms with van der Waals surface area (Å²) in [6.07, 6.45) is 0. The molecule has 0 bridgehead atoms. The summed E-state index contributed by atoms with van der Waals surface area (Å²) in [6, 6.07) is 77.3. The molecule has 0 radical (unpaired) electrons. The molecule has 0 N–H and O–H groups in total. The molecule has 294 valence electrons. The molecule has 10 aromatic carbocycles. The van der Waals surface area contributed by atoms with Crippen LogP contribution in [0.25, 0.3) is 133 Å². The van der Waals surface area contributed by atoms with Gasteiger partial charge in [-0.15, -0.1) is 0 Å². The minimum atomic E-state index is 0.881. The van der Waals surface area contributed by atoms with Crippen molar-refractivity contribution in [3.8, 4) is 66.8 Å². The summed E-state index contributed by atoms with van der Waals surface area (Å²) in [5.74, 6) is 0. The highest BCUT2D eigenvalue weighted by molar-refractivity contribution is 6.14. The number of hydrogen-bond acceptors (Lipinski definition) is 3. The summed E-state index contributed by atoms with van der Waals surface area (Å²) in [5.41, 5.74) is 18.7. The molecule has 0 aliphatic carbocycles. The first-order valence-corrected chi connectivity index (χ1v) is 21.4. The van der Waals surface area contributed by atoms with Crippen molar-refractivity contribution in [3.63, 3.8) is 0 Å². The molecule has 3 heteroatoms. The first-order chi connectivity index (χ1) is 31.2. The molecule has 0 saturated carbocycles. The van der Waals surface area contributed by atoms with Gasteiger partial charge in [0.15, 0.2) is 0 Å². The van der Waals surface area contributed by atoms with Crippen LogP contribution in [0, 0.1) is 0 Å². The predicted octanol–water partition coefficient (Wildman–Crippen LogP) is 17.4. The Morgan fingerprint density at radius 1 is 0.190 bits per heavy atom. The minimum absolute atomic E-state index is 0.881. The molecule has 3 aromatic heterocycles. The van der Waals surface area contributed by atoms with Crippen LogP contribution in [-0.2, 0) is 0 Å². The third kappa shape index (κ3) is 5.75. The first-order valence-electron chi connectivity index (χ1n) is 21.4. The van der Waals surface area contributed by atoms with E-state index in [4.69, 9.17) is 13.3 Å². The molecule has 13 aromatic rings. The highest BCUT2D eigenvalue weighted by atomic mass is 16.3. The molecule has 63 heavy (non-hydrogen) atoms. The molecule has 13 rings (SSSR count). The third-order valence-electron chi connectivity index (χ3n) is 12.7. The summed E-state index contributed by atoms with van der Waals surface area (Å²) in [7, 11) is 0. The van der Waals surface area contributed by atoms with Gasteiger partial charge in [-0.2, -0.15) is 0 Å². The summed E-state index contributed by atoms with van der Waals surface area (Å²) in [6.45, 7) is 0. The first kappa shape index (κ1) is 35.4. The Balaban J connectivity index is 0.863. The average Bonchev–Trinajstić information content (AvgIpc) is 4.06. The van der Waals surface area contributed by atoms with Gasteiger partial charge >= 0.3 is 0 Å². The highest BCUT2D eigenvalue weighted by Gasteiger charge is 2.18. The Hall–Kier alpha value is -8.40. The Bertz CT molecular complexity index is 3680. The van der Waals surface area contributed by atoms with Crippen molar-refractivity contribution in [1.29, 1.82) is 0 Å². The van der Waals surface area contributed by atoms with Gasteiger partial charge in [-0.1, -0.05) is 182 Å². The number of rotatable bonds is 6.